The average Bonchev–Trinajstić information content (AvgIpc) is 3.07. The third kappa shape index (κ3) is 5.55. The first-order chi connectivity index (χ1) is 15.0. The number of nitrogens with zero attached hydrogens (tertiary/aromatic N) is 2. The number of hydrazone groups is 1. The fourth-order valence-electron chi connectivity index (χ4n) is 2.91. The average molecular weight is 438 g/mol. The Morgan fingerprint density at radius 2 is 1.90 bits per heavy atom. The molecule has 160 valence electrons. The van der Waals surface area contributed by atoms with Crippen LogP contribution in [-0.2, 0) is 16.0 Å². The van der Waals surface area contributed by atoms with Crippen LogP contribution in [0.3, 0.4) is 0 Å². The van der Waals surface area contributed by atoms with Gasteiger partial charge in [0.2, 0.25) is 5.91 Å². The normalized spacial score (nSPS) is 15.9. The van der Waals surface area contributed by atoms with E-state index in [1.807, 2.05) is 36.4 Å². The minimum atomic E-state index is -0.261. The van der Waals surface area contributed by atoms with Crippen LogP contribution >= 0.6 is 11.8 Å². The Bertz CT molecular complexity index is 1030. The number of benzene rings is 2. The maximum atomic E-state index is 12.9. The molecule has 2 amide bonds. The standard InChI is InChI=1S/C23H23N3O4S/c1-4-12-26-22(28)20(14-17-10-11-18(29-2)19(13-17)30-3)31-23(26)25-24-21(27)15-16-8-6-5-7-9-16/h4-11,13-14H,1,12,15H2,2-3H3,(H,24,27). The summed E-state index contributed by atoms with van der Waals surface area (Å²) in [6.07, 6.45) is 3.56. The molecule has 1 saturated heterocycles. The molecule has 0 atom stereocenters. The Balaban J connectivity index is 1.78. The lowest BCUT2D eigenvalue weighted by molar-refractivity contribution is -0.122. The molecule has 0 aromatic heterocycles. The van der Waals surface area contributed by atoms with Crippen LogP contribution in [0.25, 0.3) is 6.08 Å². The van der Waals surface area contributed by atoms with Gasteiger partial charge in [-0.2, -0.15) is 0 Å². The van der Waals surface area contributed by atoms with Gasteiger partial charge in [-0.1, -0.05) is 42.5 Å². The number of methoxy groups -OCH3 is 2. The molecular weight excluding hydrogens is 414 g/mol. The van der Waals surface area contributed by atoms with Crippen molar-refractivity contribution in [3.63, 3.8) is 0 Å². The lowest BCUT2D eigenvalue weighted by Gasteiger charge is -2.12. The fraction of sp³-hybridized carbons (Fsp3) is 0.174. The predicted molar refractivity (Wildman–Crippen MR) is 123 cm³/mol. The van der Waals surface area contributed by atoms with E-state index in [-0.39, 0.29) is 24.8 Å². The van der Waals surface area contributed by atoms with Gasteiger partial charge in [-0.15, -0.1) is 11.7 Å². The molecule has 0 saturated carbocycles. The zero-order valence-electron chi connectivity index (χ0n) is 17.3. The molecule has 1 fully saturated rings. The van der Waals surface area contributed by atoms with E-state index in [2.05, 4.69) is 17.1 Å². The van der Waals surface area contributed by atoms with Gasteiger partial charge in [-0.3, -0.25) is 14.5 Å². The zero-order chi connectivity index (χ0) is 22.2. The first-order valence-electron chi connectivity index (χ1n) is 9.50. The van der Waals surface area contributed by atoms with Gasteiger partial charge in [0, 0.05) is 6.54 Å². The summed E-state index contributed by atoms with van der Waals surface area (Å²) in [6, 6.07) is 14.8. The zero-order valence-corrected chi connectivity index (χ0v) is 18.1. The summed E-state index contributed by atoms with van der Waals surface area (Å²) >= 11 is 1.19. The molecule has 1 N–H and O–H groups in total. The quantitative estimate of drug-likeness (QED) is 0.389. The van der Waals surface area contributed by atoms with E-state index in [9.17, 15) is 9.59 Å². The van der Waals surface area contributed by atoms with Gasteiger partial charge in [0.15, 0.2) is 16.7 Å². The maximum Gasteiger partial charge on any atom is 0.267 e. The van der Waals surface area contributed by atoms with Gasteiger partial charge in [0.25, 0.3) is 5.91 Å². The number of nitrogens with one attached hydrogen (secondary N) is 1. The highest BCUT2D eigenvalue weighted by Crippen LogP contribution is 2.34. The van der Waals surface area contributed by atoms with Crippen LogP contribution in [0.4, 0.5) is 0 Å². The first kappa shape index (κ1) is 22.2. The van der Waals surface area contributed by atoms with Gasteiger partial charge in [-0.25, -0.2) is 5.43 Å². The van der Waals surface area contributed by atoms with Crippen molar-refractivity contribution >= 4 is 34.8 Å². The lowest BCUT2D eigenvalue weighted by Crippen LogP contribution is -2.31. The summed E-state index contributed by atoms with van der Waals surface area (Å²) < 4.78 is 10.6. The molecule has 1 aliphatic heterocycles. The molecule has 1 aliphatic rings. The van der Waals surface area contributed by atoms with Crippen molar-refractivity contribution in [3.8, 4) is 11.5 Å². The Hall–Kier alpha value is -3.52. The van der Waals surface area contributed by atoms with Crippen LogP contribution < -0.4 is 14.9 Å². The molecular formula is C23H23N3O4S. The topological polar surface area (TPSA) is 80.2 Å². The number of ether oxygens (including phenoxy) is 2. The van der Waals surface area contributed by atoms with E-state index in [0.29, 0.717) is 21.6 Å². The van der Waals surface area contributed by atoms with Gasteiger partial charge in [0.05, 0.1) is 25.5 Å². The van der Waals surface area contributed by atoms with E-state index >= 15 is 0 Å². The summed E-state index contributed by atoms with van der Waals surface area (Å²) in [7, 11) is 3.12. The van der Waals surface area contributed by atoms with Crippen molar-refractivity contribution in [2.45, 2.75) is 6.42 Å². The number of carbonyl (C=O) groups excluding carboxylic acids is 2. The fourth-order valence-corrected chi connectivity index (χ4v) is 3.85. The Kier molecular flexibility index (Phi) is 7.50. The second kappa shape index (κ2) is 10.5. The Morgan fingerprint density at radius 3 is 2.58 bits per heavy atom. The molecule has 0 bridgehead atoms. The monoisotopic (exact) mass is 437 g/mol. The first-order valence-corrected chi connectivity index (χ1v) is 10.3. The van der Waals surface area contributed by atoms with Crippen LogP contribution in [0, 0.1) is 0 Å². The van der Waals surface area contributed by atoms with Crippen molar-refractivity contribution in [2.75, 3.05) is 20.8 Å². The molecule has 31 heavy (non-hydrogen) atoms. The van der Waals surface area contributed by atoms with E-state index < -0.39 is 0 Å². The highest BCUT2D eigenvalue weighted by molar-refractivity contribution is 8.18. The minimum absolute atomic E-state index is 0.200. The van der Waals surface area contributed by atoms with Crippen molar-refractivity contribution in [1.29, 1.82) is 0 Å². The number of amides is 2. The Morgan fingerprint density at radius 1 is 1.16 bits per heavy atom. The van der Waals surface area contributed by atoms with E-state index in [1.165, 1.54) is 16.7 Å². The van der Waals surface area contributed by atoms with Crippen molar-refractivity contribution < 1.29 is 19.1 Å². The summed E-state index contributed by atoms with van der Waals surface area (Å²) in [4.78, 5) is 27.0. The van der Waals surface area contributed by atoms with Crippen molar-refractivity contribution in [2.24, 2.45) is 5.10 Å². The van der Waals surface area contributed by atoms with Crippen LogP contribution in [0.15, 0.2) is 71.2 Å². The number of rotatable bonds is 8. The van der Waals surface area contributed by atoms with Gasteiger partial charge in [-0.05, 0) is 41.1 Å². The second-order valence-corrected chi connectivity index (χ2v) is 7.53. The molecule has 0 radical (unpaired) electrons. The predicted octanol–water partition coefficient (Wildman–Crippen LogP) is 3.44. The molecule has 1 heterocycles. The van der Waals surface area contributed by atoms with Crippen LogP contribution in [0.2, 0.25) is 0 Å². The molecule has 0 unspecified atom stereocenters. The van der Waals surface area contributed by atoms with Crippen LogP contribution in [-0.4, -0.2) is 42.6 Å². The number of hydrogen-bond donors (Lipinski definition) is 1. The number of carbonyl (C=O) groups is 2. The maximum absolute atomic E-state index is 12.9. The third-order valence-corrected chi connectivity index (χ3v) is 5.40. The summed E-state index contributed by atoms with van der Waals surface area (Å²) in [6.45, 7) is 3.98. The molecule has 3 rings (SSSR count). The summed E-state index contributed by atoms with van der Waals surface area (Å²) in [5.74, 6) is 0.697. The van der Waals surface area contributed by atoms with Crippen LogP contribution in [0.5, 0.6) is 11.5 Å². The summed E-state index contributed by atoms with van der Waals surface area (Å²) in [5.41, 5.74) is 4.20. The van der Waals surface area contributed by atoms with Crippen LogP contribution in [0.1, 0.15) is 11.1 Å². The van der Waals surface area contributed by atoms with E-state index in [1.54, 1.807) is 38.5 Å². The minimum Gasteiger partial charge on any atom is -0.493 e. The smallest absolute Gasteiger partial charge is 0.267 e. The largest absolute Gasteiger partial charge is 0.493 e. The van der Waals surface area contributed by atoms with E-state index in [0.717, 1.165) is 11.1 Å². The second-order valence-electron chi connectivity index (χ2n) is 6.52. The molecule has 2 aromatic rings. The molecule has 0 aliphatic carbocycles. The number of amidine groups is 1. The molecule has 7 nitrogen and oxygen atoms in total. The van der Waals surface area contributed by atoms with Gasteiger partial charge >= 0.3 is 0 Å². The Labute approximate surface area is 185 Å². The molecule has 8 heteroatoms. The SMILES string of the molecule is C=CCN1C(=O)C(=Cc2ccc(OC)c(OC)c2)SC1=NNC(=O)Cc1ccccc1. The highest BCUT2D eigenvalue weighted by Gasteiger charge is 2.33. The van der Waals surface area contributed by atoms with Gasteiger partial charge < -0.3 is 9.47 Å². The highest BCUT2D eigenvalue weighted by atomic mass is 32.2. The van der Waals surface area contributed by atoms with E-state index in [4.69, 9.17) is 9.47 Å². The van der Waals surface area contributed by atoms with Crippen molar-refractivity contribution in [1.82, 2.24) is 10.3 Å². The van der Waals surface area contributed by atoms with Gasteiger partial charge in [0.1, 0.15) is 0 Å². The number of thioether (sulfide) groups is 1. The number of hydrogen-bond acceptors (Lipinski definition) is 6. The summed E-state index contributed by atoms with van der Waals surface area (Å²) in [5, 5.41) is 4.56. The van der Waals surface area contributed by atoms with Crippen molar-refractivity contribution in [3.05, 3.63) is 77.2 Å². The molecule has 0 spiro atoms. The molecule has 2 aromatic carbocycles. The third-order valence-electron chi connectivity index (χ3n) is 4.39. The lowest BCUT2D eigenvalue weighted by atomic mass is 10.1.